The number of para-hydroxylation sites is 2. The van der Waals surface area contributed by atoms with E-state index in [9.17, 15) is 8.42 Å². The topological polar surface area (TPSA) is 95.4 Å². The summed E-state index contributed by atoms with van der Waals surface area (Å²) in [6.45, 7) is 0. The Labute approximate surface area is 105 Å². The lowest BCUT2D eigenvalue weighted by Crippen LogP contribution is -2.13. The van der Waals surface area contributed by atoms with Crippen LogP contribution in [0.1, 0.15) is 0 Å². The Morgan fingerprint density at radius 3 is 2.22 bits per heavy atom. The van der Waals surface area contributed by atoms with Gasteiger partial charge in [0.1, 0.15) is 10.6 Å². The Kier molecular flexibility index (Phi) is 3.12. The van der Waals surface area contributed by atoms with Gasteiger partial charge in [-0.05, 0) is 24.3 Å². The number of hydrogen-bond acceptors (Lipinski definition) is 5. The lowest BCUT2D eigenvalue weighted by atomic mass is 10.3. The molecule has 0 amide bonds. The first-order chi connectivity index (χ1) is 8.50. The van der Waals surface area contributed by atoms with E-state index in [1.54, 1.807) is 30.3 Å². The van der Waals surface area contributed by atoms with Crippen molar-refractivity contribution in [1.29, 1.82) is 0 Å². The Bertz CT molecular complexity index is 654. The molecule has 0 aromatic heterocycles. The zero-order valence-corrected chi connectivity index (χ0v) is 10.2. The molecule has 2 rings (SSSR count). The molecule has 0 spiro atoms. The second-order valence-corrected chi connectivity index (χ2v) is 5.12. The molecule has 5 nitrogen and oxygen atoms in total. The van der Waals surface area contributed by atoms with Crippen LogP contribution in [0.25, 0.3) is 0 Å². The van der Waals surface area contributed by atoms with Crippen LogP contribution < -0.4 is 15.7 Å². The third-order valence-corrected chi connectivity index (χ3v) is 3.62. The van der Waals surface area contributed by atoms with Crippen LogP contribution in [0, 0.1) is 0 Å². The fourth-order valence-electron chi connectivity index (χ4n) is 1.43. The summed E-state index contributed by atoms with van der Waals surface area (Å²) in [5.41, 5.74) is 11.4. The molecule has 0 aliphatic carbocycles. The molecule has 2 aromatic carbocycles. The van der Waals surface area contributed by atoms with Gasteiger partial charge < -0.3 is 15.7 Å². The second kappa shape index (κ2) is 4.58. The van der Waals surface area contributed by atoms with E-state index < -0.39 is 10.1 Å². The average Bonchev–Trinajstić information content (AvgIpc) is 2.33. The molecule has 0 fully saturated rings. The average molecular weight is 264 g/mol. The molecule has 0 saturated carbocycles. The first kappa shape index (κ1) is 12.3. The Hall–Kier alpha value is -2.21. The van der Waals surface area contributed by atoms with Gasteiger partial charge in [-0.1, -0.05) is 24.3 Å². The van der Waals surface area contributed by atoms with E-state index >= 15 is 0 Å². The fourth-order valence-corrected chi connectivity index (χ4v) is 2.51. The van der Waals surface area contributed by atoms with E-state index in [1.807, 2.05) is 0 Å². The van der Waals surface area contributed by atoms with Crippen molar-refractivity contribution in [2.75, 3.05) is 11.5 Å². The first-order valence-corrected chi connectivity index (χ1v) is 6.55. The van der Waals surface area contributed by atoms with Gasteiger partial charge in [0.25, 0.3) is 0 Å². The monoisotopic (exact) mass is 264 g/mol. The van der Waals surface area contributed by atoms with Crippen molar-refractivity contribution in [3.05, 3.63) is 48.5 Å². The molecule has 0 heterocycles. The van der Waals surface area contributed by atoms with Crippen molar-refractivity contribution in [3.63, 3.8) is 0 Å². The van der Waals surface area contributed by atoms with Gasteiger partial charge in [0, 0.05) is 0 Å². The highest BCUT2D eigenvalue weighted by Gasteiger charge is 2.20. The highest BCUT2D eigenvalue weighted by molar-refractivity contribution is 7.87. The summed E-state index contributed by atoms with van der Waals surface area (Å²) in [6, 6.07) is 12.6. The molecule has 0 saturated heterocycles. The minimum absolute atomic E-state index is 0.00608. The molecule has 18 heavy (non-hydrogen) atoms. The van der Waals surface area contributed by atoms with Crippen molar-refractivity contribution in [3.8, 4) is 5.75 Å². The van der Waals surface area contributed by atoms with Crippen LogP contribution in [0.5, 0.6) is 5.75 Å². The third kappa shape index (κ3) is 2.38. The summed E-state index contributed by atoms with van der Waals surface area (Å²) in [5.74, 6) is 0.222. The first-order valence-electron chi connectivity index (χ1n) is 5.14. The largest absolute Gasteiger partial charge is 0.397 e. The molecule has 0 unspecified atom stereocenters. The number of rotatable bonds is 3. The molecule has 0 radical (unpaired) electrons. The van der Waals surface area contributed by atoms with Crippen LogP contribution in [-0.4, -0.2) is 8.42 Å². The lowest BCUT2D eigenvalue weighted by Gasteiger charge is -2.10. The van der Waals surface area contributed by atoms with Gasteiger partial charge >= 0.3 is 10.1 Å². The predicted octanol–water partition coefficient (Wildman–Crippen LogP) is 1.62. The van der Waals surface area contributed by atoms with Crippen LogP contribution in [0.2, 0.25) is 0 Å². The molecule has 0 aliphatic heterocycles. The van der Waals surface area contributed by atoms with Gasteiger partial charge in [-0.15, -0.1) is 0 Å². The Balaban J connectivity index is 2.41. The third-order valence-electron chi connectivity index (χ3n) is 2.32. The van der Waals surface area contributed by atoms with E-state index in [0.29, 0.717) is 0 Å². The van der Waals surface area contributed by atoms with Gasteiger partial charge in [-0.2, -0.15) is 8.42 Å². The van der Waals surface area contributed by atoms with Crippen LogP contribution in [-0.2, 0) is 10.1 Å². The fraction of sp³-hybridized carbons (Fsp3) is 0. The Morgan fingerprint density at radius 2 is 1.56 bits per heavy atom. The highest BCUT2D eigenvalue weighted by Crippen LogP contribution is 2.26. The maximum absolute atomic E-state index is 12.0. The van der Waals surface area contributed by atoms with Gasteiger partial charge in [0.2, 0.25) is 0 Å². The maximum atomic E-state index is 12.0. The second-order valence-electron chi connectivity index (χ2n) is 3.61. The standard InChI is InChI=1S/C12H12N2O3S/c13-10-7-4-8-11(12(10)14)18(15,16)17-9-5-2-1-3-6-9/h1-8H,13-14H2. The van der Waals surface area contributed by atoms with Crippen LogP contribution in [0.3, 0.4) is 0 Å². The predicted molar refractivity (Wildman–Crippen MR) is 69.5 cm³/mol. The van der Waals surface area contributed by atoms with Gasteiger partial charge in [-0.3, -0.25) is 0 Å². The number of nitrogen functional groups attached to an aromatic ring is 2. The summed E-state index contributed by atoms with van der Waals surface area (Å²) >= 11 is 0. The summed E-state index contributed by atoms with van der Waals surface area (Å²) in [6.07, 6.45) is 0. The van der Waals surface area contributed by atoms with Crippen molar-refractivity contribution in [2.24, 2.45) is 0 Å². The minimum atomic E-state index is -3.97. The smallest absolute Gasteiger partial charge is 0.341 e. The molecule has 94 valence electrons. The number of anilines is 2. The van der Waals surface area contributed by atoms with Gasteiger partial charge in [0.05, 0.1) is 11.4 Å². The van der Waals surface area contributed by atoms with Crippen LogP contribution in [0.15, 0.2) is 53.4 Å². The zero-order chi connectivity index (χ0) is 13.2. The summed E-state index contributed by atoms with van der Waals surface area (Å²) in [7, 11) is -3.97. The van der Waals surface area contributed by atoms with E-state index in [0.717, 1.165) is 0 Å². The summed E-state index contributed by atoms with van der Waals surface area (Å²) in [5, 5.41) is 0. The number of benzene rings is 2. The zero-order valence-electron chi connectivity index (χ0n) is 9.41. The number of hydrogen-bond donors (Lipinski definition) is 2. The van der Waals surface area contributed by atoms with Crippen molar-refractivity contribution in [1.82, 2.24) is 0 Å². The molecular weight excluding hydrogens is 252 g/mol. The van der Waals surface area contributed by atoms with E-state index in [-0.39, 0.29) is 22.0 Å². The van der Waals surface area contributed by atoms with E-state index in [4.69, 9.17) is 15.7 Å². The quantitative estimate of drug-likeness (QED) is 0.648. The van der Waals surface area contributed by atoms with E-state index in [1.165, 1.54) is 18.2 Å². The molecule has 0 aliphatic rings. The molecule has 0 bridgehead atoms. The van der Waals surface area contributed by atoms with Crippen molar-refractivity contribution < 1.29 is 12.6 Å². The van der Waals surface area contributed by atoms with E-state index in [2.05, 4.69) is 0 Å². The van der Waals surface area contributed by atoms with Crippen LogP contribution >= 0.6 is 0 Å². The lowest BCUT2D eigenvalue weighted by molar-refractivity contribution is 0.486. The molecule has 2 aromatic rings. The summed E-state index contributed by atoms with van der Waals surface area (Å²) in [4.78, 5) is -0.133. The highest BCUT2D eigenvalue weighted by atomic mass is 32.2. The number of nitrogens with two attached hydrogens (primary N) is 2. The molecule has 6 heteroatoms. The minimum Gasteiger partial charge on any atom is -0.397 e. The van der Waals surface area contributed by atoms with Crippen LogP contribution in [0.4, 0.5) is 11.4 Å². The molecular formula is C12H12N2O3S. The van der Waals surface area contributed by atoms with Gasteiger partial charge in [-0.25, -0.2) is 0 Å². The summed E-state index contributed by atoms with van der Waals surface area (Å²) < 4.78 is 29.0. The molecule has 0 atom stereocenters. The SMILES string of the molecule is Nc1cccc(S(=O)(=O)Oc2ccccc2)c1N. The normalized spacial score (nSPS) is 11.1. The van der Waals surface area contributed by atoms with Gasteiger partial charge in [0.15, 0.2) is 0 Å². The Morgan fingerprint density at radius 1 is 0.889 bits per heavy atom. The van der Waals surface area contributed by atoms with Crippen molar-refractivity contribution >= 4 is 21.5 Å². The van der Waals surface area contributed by atoms with Crippen molar-refractivity contribution in [2.45, 2.75) is 4.90 Å². The maximum Gasteiger partial charge on any atom is 0.341 e. The molecule has 4 N–H and O–H groups in total.